The number of aliphatic hydroxyl groups is 1. The molecule has 0 radical (unpaired) electrons. The number of esters is 2. The highest BCUT2D eigenvalue weighted by molar-refractivity contribution is 6.31. The Labute approximate surface area is 281 Å². The van der Waals surface area contributed by atoms with Gasteiger partial charge in [-0.15, -0.1) is 0 Å². The van der Waals surface area contributed by atoms with Gasteiger partial charge in [-0.25, -0.2) is 0 Å². The predicted octanol–water partition coefficient (Wildman–Crippen LogP) is 6.84. The quantitative estimate of drug-likeness (QED) is 0.163. The molecule has 2 rings (SSSR count). The van der Waals surface area contributed by atoms with E-state index in [0.29, 0.717) is 27.7 Å². The summed E-state index contributed by atoms with van der Waals surface area (Å²) in [5.41, 5.74) is 1.59. The van der Waals surface area contributed by atoms with Gasteiger partial charge >= 0.3 is 11.9 Å². The summed E-state index contributed by atoms with van der Waals surface area (Å²) in [6.07, 6.45) is 0.557. The van der Waals surface area contributed by atoms with Crippen LogP contribution in [0.3, 0.4) is 0 Å². The van der Waals surface area contributed by atoms with Gasteiger partial charge in [-0.3, -0.25) is 19.2 Å². The number of nitrogens with one attached hydrogen (secondary N) is 2. The van der Waals surface area contributed by atoms with E-state index in [9.17, 15) is 24.0 Å². The van der Waals surface area contributed by atoms with Crippen LogP contribution in [0.5, 0.6) is 0 Å². The molecule has 2 atom stereocenters. The van der Waals surface area contributed by atoms with Gasteiger partial charge in [-0.2, -0.15) is 0 Å². The van der Waals surface area contributed by atoms with Crippen LogP contribution in [-0.4, -0.2) is 53.0 Å². The van der Waals surface area contributed by atoms with Crippen molar-refractivity contribution in [3.05, 3.63) is 57.6 Å². The van der Waals surface area contributed by atoms with Crippen molar-refractivity contribution in [3.63, 3.8) is 0 Å². The van der Waals surface area contributed by atoms with Gasteiger partial charge in [0, 0.05) is 34.4 Å². The number of aryl methyl sites for hydroxylation is 2. The van der Waals surface area contributed by atoms with E-state index < -0.39 is 40.9 Å². The fourth-order valence-corrected chi connectivity index (χ4v) is 4.22. The molecule has 0 heterocycles. The summed E-state index contributed by atoms with van der Waals surface area (Å²) in [6.45, 7) is 14.0. The molecule has 0 aliphatic rings. The van der Waals surface area contributed by atoms with Gasteiger partial charge in [0.05, 0.1) is 24.7 Å². The average molecular weight is 682 g/mol. The molecule has 254 valence electrons. The van der Waals surface area contributed by atoms with Crippen molar-refractivity contribution >= 4 is 64.6 Å². The van der Waals surface area contributed by atoms with E-state index in [1.54, 1.807) is 77.9 Å². The Morgan fingerprint density at radius 2 is 1.15 bits per heavy atom. The van der Waals surface area contributed by atoms with Crippen LogP contribution < -0.4 is 10.6 Å². The summed E-state index contributed by atoms with van der Waals surface area (Å²) in [5.74, 6) is -3.11. The first-order chi connectivity index (χ1) is 21.2. The molecule has 0 saturated carbocycles. The van der Waals surface area contributed by atoms with E-state index in [4.69, 9.17) is 37.8 Å². The number of hydrogen-bond acceptors (Lipinski definition) is 8. The van der Waals surface area contributed by atoms with Crippen molar-refractivity contribution in [1.82, 2.24) is 0 Å². The predicted molar refractivity (Wildman–Crippen MR) is 180 cm³/mol. The number of halogens is 2. The van der Waals surface area contributed by atoms with E-state index in [2.05, 4.69) is 10.6 Å². The molecule has 0 unspecified atom stereocenters. The topological polar surface area (TPSA) is 148 Å². The lowest BCUT2D eigenvalue weighted by atomic mass is 10.0. The summed E-state index contributed by atoms with van der Waals surface area (Å²) in [4.78, 5) is 59.2. The molecule has 0 aromatic heterocycles. The van der Waals surface area contributed by atoms with Crippen molar-refractivity contribution in [1.29, 1.82) is 0 Å². The second-order valence-electron chi connectivity index (χ2n) is 12.8. The fourth-order valence-electron chi connectivity index (χ4n) is 3.98. The summed E-state index contributed by atoms with van der Waals surface area (Å²) < 4.78 is 10.4. The Balaban J connectivity index is 0.000000460. The summed E-state index contributed by atoms with van der Waals surface area (Å²) in [6, 6.07) is 10.2. The largest absolute Gasteiger partial charge is 0.460 e. The lowest BCUT2D eigenvalue weighted by molar-refractivity contribution is -0.157. The van der Waals surface area contributed by atoms with Crippen LogP contribution in [0.15, 0.2) is 36.4 Å². The molecule has 0 aliphatic heterocycles. The van der Waals surface area contributed by atoms with E-state index in [-0.39, 0.29) is 38.2 Å². The minimum absolute atomic E-state index is 0.0440. The zero-order valence-electron chi connectivity index (χ0n) is 27.8. The minimum Gasteiger partial charge on any atom is -0.460 e. The average Bonchev–Trinajstić information content (AvgIpc) is 2.90. The number of carbonyl (C=O) groups excluding carboxylic acids is 5. The number of ether oxygens (including phenoxy) is 2. The molecular weight excluding hydrogens is 635 g/mol. The van der Waals surface area contributed by atoms with Crippen LogP contribution in [0.1, 0.15) is 78.4 Å². The summed E-state index contributed by atoms with van der Waals surface area (Å²) >= 11 is 11.9. The molecular formula is C34H46Cl2N2O8. The van der Waals surface area contributed by atoms with Crippen molar-refractivity contribution in [2.75, 3.05) is 17.2 Å². The molecule has 2 amide bonds. The maximum Gasteiger partial charge on any atom is 0.307 e. The summed E-state index contributed by atoms with van der Waals surface area (Å²) in [7, 11) is 0. The number of benzene rings is 2. The van der Waals surface area contributed by atoms with Gasteiger partial charge in [0.15, 0.2) is 0 Å². The third-order valence-electron chi connectivity index (χ3n) is 6.12. The first kappa shape index (κ1) is 40.6. The molecule has 2 aromatic rings. The molecule has 0 fully saturated rings. The monoisotopic (exact) mass is 680 g/mol. The number of anilines is 2. The lowest BCUT2D eigenvalue weighted by Gasteiger charge is -2.22. The van der Waals surface area contributed by atoms with Gasteiger partial charge in [0.2, 0.25) is 11.8 Å². The van der Waals surface area contributed by atoms with Gasteiger partial charge in [0.25, 0.3) is 0 Å². The Kier molecular flexibility index (Phi) is 16.4. The van der Waals surface area contributed by atoms with Crippen molar-refractivity contribution < 1.29 is 38.6 Å². The molecule has 46 heavy (non-hydrogen) atoms. The maximum absolute atomic E-state index is 12.3. The smallest absolute Gasteiger partial charge is 0.307 e. The second kappa shape index (κ2) is 18.6. The first-order valence-electron chi connectivity index (χ1n) is 14.9. The number of hydrogen-bond donors (Lipinski definition) is 3. The highest BCUT2D eigenvalue weighted by atomic mass is 35.5. The number of aldehydes is 1. The van der Waals surface area contributed by atoms with E-state index in [0.717, 1.165) is 11.1 Å². The fraction of sp³-hybridized carbons (Fsp3) is 0.500. The minimum atomic E-state index is -0.765. The lowest BCUT2D eigenvalue weighted by Crippen LogP contribution is -2.30. The highest BCUT2D eigenvalue weighted by Gasteiger charge is 2.26. The zero-order valence-corrected chi connectivity index (χ0v) is 29.3. The van der Waals surface area contributed by atoms with Crippen molar-refractivity contribution in [3.8, 4) is 0 Å². The van der Waals surface area contributed by atoms with Gasteiger partial charge in [-0.05, 0) is 109 Å². The third kappa shape index (κ3) is 16.2. The first-order valence-corrected chi connectivity index (χ1v) is 15.6. The van der Waals surface area contributed by atoms with Crippen LogP contribution in [0, 0.1) is 25.7 Å². The molecule has 3 N–H and O–H groups in total. The highest BCUT2D eigenvalue weighted by Crippen LogP contribution is 2.23. The van der Waals surface area contributed by atoms with Gasteiger partial charge < -0.3 is 30.0 Å². The molecule has 0 aliphatic carbocycles. The van der Waals surface area contributed by atoms with Crippen LogP contribution in [0.4, 0.5) is 11.4 Å². The SMILES string of the molecule is Cc1cc(NC(=O)[C@H](CC=O)CC(=O)OC(C)(C)C)ccc1Cl.Cc1cc(NC(=O)[C@H](CCO)CC(=O)OC(C)(C)C)ccc1Cl. The second-order valence-corrected chi connectivity index (χ2v) is 13.6. The number of carbonyl (C=O) groups is 5. The van der Waals surface area contributed by atoms with Crippen LogP contribution in [-0.2, 0) is 33.4 Å². The zero-order chi connectivity index (χ0) is 35.2. The Bertz CT molecular complexity index is 1370. The molecule has 12 heteroatoms. The van der Waals surface area contributed by atoms with Crippen LogP contribution in [0.2, 0.25) is 10.0 Å². The number of rotatable bonds is 12. The molecule has 0 bridgehead atoms. The van der Waals surface area contributed by atoms with E-state index >= 15 is 0 Å². The number of aliphatic hydroxyl groups excluding tert-OH is 1. The molecule has 2 aromatic carbocycles. The van der Waals surface area contributed by atoms with Gasteiger partial charge in [-0.1, -0.05) is 23.2 Å². The number of amides is 2. The van der Waals surface area contributed by atoms with Crippen LogP contribution >= 0.6 is 23.2 Å². The van der Waals surface area contributed by atoms with E-state index in [1.165, 1.54) is 0 Å². The third-order valence-corrected chi connectivity index (χ3v) is 6.97. The van der Waals surface area contributed by atoms with E-state index in [1.807, 2.05) is 13.8 Å². The Morgan fingerprint density at radius 1 is 0.761 bits per heavy atom. The standard InChI is InChI=1S/C17H24ClNO4.C17H22ClNO4/c2*1-11-9-13(5-6-14(11)18)19-16(22)12(7-8-20)10-15(21)23-17(2,3)4/h5-6,9,12,20H,7-8,10H2,1-4H3,(H,19,22);5-6,8-9,12H,7,10H2,1-4H3,(H,19,22)/t2*12-/m11/s1. The molecule has 0 spiro atoms. The Hall–Kier alpha value is -3.47. The van der Waals surface area contributed by atoms with Crippen molar-refractivity contribution in [2.24, 2.45) is 11.8 Å². The normalized spacial score (nSPS) is 12.5. The maximum atomic E-state index is 12.3. The van der Waals surface area contributed by atoms with Crippen LogP contribution in [0.25, 0.3) is 0 Å². The molecule has 0 saturated heterocycles. The molecule has 10 nitrogen and oxygen atoms in total. The Morgan fingerprint density at radius 3 is 1.50 bits per heavy atom. The summed E-state index contributed by atoms with van der Waals surface area (Å²) in [5, 5.41) is 15.8. The van der Waals surface area contributed by atoms with Gasteiger partial charge in [0.1, 0.15) is 17.5 Å². The van der Waals surface area contributed by atoms with Crippen molar-refractivity contribution in [2.45, 2.75) is 92.3 Å².